The summed E-state index contributed by atoms with van der Waals surface area (Å²) in [6, 6.07) is 5.89. The summed E-state index contributed by atoms with van der Waals surface area (Å²) in [6.07, 6.45) is 2.60. The Morgan fingerprint density at radius 2 is 2.23 bits per heavy atom. The summed E-state index contributed by atoms with van der Waals surface area (Å²) in [4.78, 5) is 0. The molecule has 1 atom stereocenters. The molecule has 13 heavy (non-hydrogen) atoms. The first-order valence-electron chi connectivity index (χ1n) is 4.27. The highest BCUT2D eigenvalue weighted by molar-refractivity contribution is 6.30. The van der Waals surface area contributed by atoms with Gasteiger partial charge in [-0.25, -0.2) is 0 Å². The fourth-order valence-corrected chi connectivity index (χ4v) is 1.59. The smallest absolute Gasteiger partial charge is 0.0411 e. The van der Waals surface area contributed by atoms with Gasteiger partial charge in [0.25, 0.3) is 0 Å². The molecule has 1 rings (SSSR count). The number of benzene rings is 1. The minimum absolute atomic E-state index is 0.00917. The first-order chi connectivity index (χ1) is 6.13. The summed E-state index contributed by atoms with van der Waals surface area (Å²) in [5.74, 6) is 0. The third-order valence-corrected chi connectivity index (χ3v) is 2.13. The number of rotatable bonds is 3. The fourth-order valence-electron chi connectivity index (χ4n) is 1.29. The Labute approximate surface area is 84.2 Å². The third-order valence-electron chi connectivity index (χ3n) is 1.91. The van der Waals surface area contributed by atoms with Crippen LogP contribution in [0, 0.1) is 6.92 Å². The molecule has 0 fully saturated rings. The predicted octanol–water partition coefficient (Wildman–Crippen LogP) is 3.22. The Bertz CT molecular complexity index is 287. The van der Waals surface area contributed by atoms with Crippen LogP contribution in [0.4, 0.5) is 0 Å². The lowest BCUT2D eigenvalue weighted by molar-refractivity contribution is 0.741. The first-order valence-corrected chi connectivity index (χ1v) is 4.65. The standard InChI is InChI=1S/C11H14ClN/c1-3-4-11(13)9-5-8(2)6-10(12)7-9/h3,5-7,11H,1,4,13H2,2H3/t11-/m1/s1. The number of aryl methyl sites for hydroxylation is 1. The lowest BCUT2D eigenvalue weighted by atomic mass is 10.0. The van der Waals surface area contributed by atoms with Crippen LogP contribution in [0.3, 0.4) is 0 Å². The average molecular weight is 196 g/mol. The second-order valence-corrected chi connectivity index (χ2v) is 3.63. The third kappa shape index (κ3) is 2.87. The number of hydrogen-bond acceptors (Lipinski definition) is 1. The monoisotopic (exact) mass is 195 g/mol. The van der Waals surface area contributed by atoms with E-state index in [9.17, 15) is 0 Å². The molecule has 0 saturated carbocycles. The van der Waals surface area contributed by atoms with E-state index in [0.717, 1.165) is 22.6 Å². The molecule has 0 bridgehead atoms. The Kier molecular flexibility index (Phi) is 3.52. The van der Waals surface area contributed by atoms with Gasteiger partial charge in [-0.2, -0.15) is 0 Å². The zero-order chi connectivity index (χ0) is 9.84. The Morgan fingerprint density at radius 1 is 1.54 bits per heavy atom. The van der Waals surface area contributed by atoms with Crippen molar-refractivity contribution in [2.75, 3.05) is 0 Å². The maximum absolute atomic E-state index is 5.91. The summed E-state index contributed by atoms with van der Waals surface area (Å²) in [5, 5.41) is 0.745. The molecule has 1 nitrogen and oxygen atoms in total. The predicted molar refractivity (Wildman–Crippen MR) is 57.9 cm³/mol. The van der Waals surface area contributed by atoms with E-state index in [2.05, 4.69) is 12.6 Å². The van der Waals surface area contributed by atoms with Gasteiger partial charge in [0, 0.05) is 11.1 Å². The summed E-state index contributed by atoms with van der Waals surface area (Å²) in [5.41, 5.74) is 8.13. The quantitative estimate of drug-likeness (QED) is 0.737. The maximum Gasteiger partial charge on any atom is 0.0411 e. The van der Waals surface area contributed by atoms with Crippen molar-refractivity contribution in [1.29, 1.82) is 0 Å². The summed E-state index contributed by atoms with van der Waals surface area (Å²) >= 11 is 5.91. The molecule has 2 heteroatoms. The normalized spacial score (nSPS) is 12.5. The van der Waals surface area contributed by atoms with E-state index in [0.29, 0.717) is 0 Å². The molecule has 0 saturated heterocycles. The van der Waals surface area contributed by atoms with Gasteiger partial charge in [-0.15, -0.1) is 6.58 Å². The van der Waals surface area contributed by atoms with Gasteiger partial charge < -0.3 is 5.73 Å². The van der Waals surface area contributed by atoms with E-state index in [-0.39, 0.29) is 6.04 Å². The second-order valence-electron chi connectivity index (χ2n) is 3.19. The van der Waals surface area contributed by atoms with Crippen LogP contribution < -0.4 is 5.73 Å². The molecule has 0 aliphatic heterocycles. The van der Waals surface area contributed by atoms with Crippen LogP contribution in [0.25, 0.3) is 0 Å². The highest BCUT2D eigenvalue weighted by Crippen LogP contribution is 2.20. The van der Waals surface area contributed by atoms with Crippen molar-refractivity contribution in [3.63, 3.8) is 0 Å². The van der Waals surface area contributed by atoms with Gasteiger partial charge in [0.1, 0.15) is 0 Å². The molecule has 0 heterocycles. The molecule has 0 aliphatic carbocycles. The highest BCUT2D eigenvalue weighted by atomic mass is 35.5. The molecule has 0 radical (unpaired) electrons. The van der Waals surface area contributed by atoms with E-state index < -0.39 is 0 Å². The van der Waals surface area contributed by atoms with Gasteiger partial charge in [-0.05, 0) is 36.6 Å². The number of hydrogen-bond donors (Lipinski definition) is 1. The molecule has 1 aromatic carbocycles. The highest BCUT2D eigenvalue weighted by Gasteiger charge is 2.04. The molecule has 2 N–H and O–H groups in total. The van der Waals surface area contributed by atoms with Gasteiger partial charge >= 0.3 is 0 Å². The van der Waals surface area contributed by atoms with Crippen LogP contribution in [-0.2, 0) is 0 Å². The SMILES string of the molecule is C=CC[C@@H](N)c1cc(C)cc(Cl)c1. The molecule has 70 valence electrons. The van der Waals surface area contributed by atoms with Crippen molar-refractivity contribution in [1.82, 2.24) is 0 Å². The minimum atomic E-state index is 0.00917. The number of nitrogens with two attached hydrogens (primary N) is 1. The largest absolute Gasteiger partial charge is 0.324 e. The minimum Gasteiger partial charge on any atom is -0.324 e. The molecule has 1 aromatic rings. The molecule has 0 spiro atoms. The maximum atomic E-state index is 5.91. The van der Waals surface area contributed by atoms with Gasteiger partial charge in [0.05, 0.1) is 0 Å². The van der Waals surface area contributed by atoms with Crippen LogP contribution in [0.1, 0.15) is 23.6 Å². The van der Waals surface area contributed by atoms with Crippen LogP contribution >= 0.6 is 11.6 Å². The van der Waals surface area contributed by atoms with Gasteiger partial charge in [0.15, 0.2) is 0 Å². The summed E-state index contributed by atoms with van der Waals surface area (Å²) in [7, 11) is 0. The van der Waals surface area contributed by atoms with Crippen molar-refractivity contribution >= 4 is 11.6 Å². The Hall–Kier alpha value is -0.790. The molecule has 0 amide bonds. The van der Waals surface area contributed by atoms with Crippen LogP contribution in [0.2, 0.25) is 5.02 Å². The van der Waals surface area contributed by atoms with Crippen molar-refractivity contribution < 1.29 is 0 Å². The van der Waals surface area contributed by atoms with E-state index in [1.807, 2.05) is 25.1 Å². The van der Waals surface area contributed by atoms with Crippen molar-refractivity contribution in [3.8, 4) is 0 Å². The van der Waals surface area contributed by atoms with Gasteiger partial charge in [-0.1, -0.05) is 23.7 Å². The van der Waals surface area contributed by atoms with E-state index in [1.54, 1.807) is 0 Å². The van der Waals surface area contributed by atoms with E-state index >= 15 is 0 Å². The van der Waals surface area contributed by atoms with Crippen LogP contribution in [0.5, 0.6) is 0 Å². The summed E-state index contributed by atoms with van der Waals surface area (Å²) in [6.45, 7) is 5.67. The Morgan fingerprint density at radius 3 is 2.77 bits per heavy atom. The zero-order valence-corrected chi connectivity index (χ0v) is 8.51. The van der Waals surface area contributed by atoms with Gasteiger partial charge in [-0.3, -0.25) is 0 Å². The first kappa shape index (κ1) is 10.3. The zero-order valence-electron chi connectivity index (χ0n) is 7.76. The molecule has 0 aliphatic rings. The van der Waals surface area contributed by atoms with E-state index in [1.165, 1.54) is 0 Å². The molecular weight excluding hydrogens is 182 g/mol. The van der Waals surface area contributed by atoms with Crippen molar-refractivity contribution in [2.24, 2.45) is 5.73 Å². The second kappa shape index (κ2) is 4.45. The number of halogens is 1. The lowest BCUT2D eigenvalue weighted by Crippen LogP contribution is -2.09. The van der Waals surface area contributed by atoms with Crippen molar-refractivity contribution in [2.45, 2.75) is 19.4 Å². The Balaban J connectivity index is 2.93. The van der Waals surface area contributed by atoms with Crippen molar-refractivity contribution in [3.05, 3.63) is 47.0 Å². The summed E-state index contributed by atoms with van der Waals surface area (Å²) < 4.78 is 0. The topological polar surface area (TPSA) is 26.0 Å². The molecular formula is C11H14ClN. The van der Waals surface area contributed by atoms with Crippen LogP contribution in [-0.4, -0.2) is 0 Å². The molecule has 0 aromatic heterocycles. The fraction of sp³-hybridized carbons (Fsp3) is 0.273. The lowest BCUT2D eigenvalue weighted by Gasteiger charge is -2.10. The average Bonchev–Trinajstić information content (AvgIpc) is 2.03. The van der Waals surface area contributed by atoms with E-state index in [4.69, 9.17) is 17.3 Å². The molecule has 0 unspecified atom stereocenters. The van der Waals surface area contributed by atoms with Crippen LogP contribution in [0.15, 0.2) is 30.9 Å². The van der Waals surface area contributed by atoms with Gasteiger partial charge in [0.2, 0.25) is 0 Å².